The summed E-state index contributed by atoms with van der Waals surface area (Å²) in [6, 6.07) is 24.1. The van der Waals surface area contributed by atoms with Crippen LogP contribution in [0.25, 0.3) is 10.9 Å². The number of carbonyl (C=O) groups excluding carboxylic acids is 15. The Balaban J connectivity index is 1.22. The molecule has 0 radical (unpaired) electrons. The molecular formula is C93H118N16O20S. The number of thioether (sulfide) groups is 1. The number of benzene rings is 6. The number of nitrogens with two attached hydrogens (primary N) is 1. The van der Waals surface area contributed by atoms with E-state index >= 15 is 33.6 Å². The van der Waals surface area contributed by atoms with Gasteiger partial charge < -0.3 is 103 Å². The lowest BCUT2D eigenvalue weighted by atomic mass is 9.98. The summed E-state index contributed by atoms with van der Waals surface area (Å²) in [5.41, 5.74) is 8.74. The number of phenols is 3. The Bertz CT molecular complexity index is 5120. The van der Waals surface area contributed by atoms with E-state index in [4.69, 9.17) is 5.73 Å². The van der Waals surface area contributed by atoms with E-state index in [-0.39, 0.29) is 74.5 Å². The minimum absolute atomic E-state index is 0.0250. The van der Waals surface area contributed by atoms with E-state index in [1.807, 2.05) is 6.92 Å². The molecule has 1 unspecified atom stereocenters. The SMILES string of the molecule is CCCC[C@H]1C(=O)N(C)CC(=O)N[C@@H](CC(=O)O)C(=O)N[C@@H](C(C)C)C(=O)N(C)[C@@H](Cc2ccccc2)C(=O)N[C@@H](Cc2ccc(O)cc2)C(=O)N(C)CC(=O)N[C@@H](Cc2c[nH]c3ccc(O)cc23)C(=O)NC(Cc2ccc(O)cc2)C(=O)N[C@@H](CC(C)C)C(=O)N[C@H](C(=O)NCC(N)=O)CSCC(=O)N[C@@H](Cc2ccccc2)C(=O)N(C)[C@@H](Cc2ccccc2)C(=O)N1C. The van der Waals surface area contributed by atoms with Gasteiger partial charge in [-0.2, -0.15) is 0 Å². The van der Waals surface area contributed by atoms with Gasteiger partial charge in [-0.3, -0.25) is 76.7 Å². The van der Waals surface area contributed by atoms with Crippen molar-refractivity contribution in [3.8, 4) is 17.2 Å². The Morgan fingerprint density at radius 3 is 1.44 bits per heavy atom. The second-order valence-corrected chi connectivity index (χ2v) is 34.3. The van der Waals surface area contributed by atoms with E-state index in [2.05, 4.69) is 52.8 Å². The van der Waals surface area contributed by atoms with Crippen molar-refractivity contribution in [1.82, 2.24) is 77.3 Å². The Hall–Kier alpha value is -13.9. The average Bonchev–Trinajstić information content (AvgIpc) is 1.77. The predicted octanol–water partition coefficient (Wildman–Crippen LogP) is 2.03. The largest absolute Gasteiger partial charge is 0.508 e. The molecule has 0 spiro atoms. The van der Waals surface area contributed by atoms with Gasteiger partial charge in [0.25, 0.3) is 0 Å². The van der Waals surface area contributed by atoms with E-state index in [9.17, 15) is 63.6 Å². The van der Waals surface area contributed by atoms with E-state index in [0.717, 1.165) is 31.4 Å². The molecule has 1 aromatic heterocycles. The highest BCUT2D eigenvalue weighted by molar-refractivity contribution is 8.00. The van der Waals surface area contributed by atoms with E-state index < -0.39 is 205 Å². The Labute approximate surface area is 758 Å². The highest BCUT2D eigenvalue weighted by Crippen LogP contribution is 2.27. The predicted molar refractivity (Wildman–Crippen MR) is 484 cm³/mol. The number of hydrogen-bond donors (Lipinski definition) is 15. The van der Waals surface area contributed by atoms with Crippen LogP contribution in [0.15, 0.2) is 164 Å². The number of rotatable bonds is 23. The molecule has 1 aliphatic heterocycles. The average molecular weight is 1810 g/mol. The Morgan fingerprint density at radius 1 is 0.462 bits per heavy atom. The minimum atomic E-state index is -1.92. The number of aliphatic carboxylic acids is 1. The van der Waals surface area contributed by atoms with Crippen LogP contribution < -0.4 is 53.6 Å². The molecule has 130 heavy (non-hydrogen) atoms. The number of aromatic nitrogens is 1. The molecule has 36 nitrogen and oxygen atoms in total. The van der Waals surface area contributed by atoms with Gasteiger partial charge in [0.1, 0.15) is 83.7 Å². The molecule has 1 saturated heterocycles. The van der Waals surface area contributed by atoms with E-state index in [0.29, 0.717) is 57.1 Å². The summed E-state index contributed by atoms with van der Waals surface area (Å²) in [4.78, 5) is 243. The molecule has 6 aromatic carbocycles. The highest BCUT2D eigenvalue weighted by Gasteiger charge is 2.42. The summed E-state index contributed by atoms with van der Waals surface area (Å²) < 4.78 is 0. The lowest BCUT2D eigenvalue weighted by Crippen LogP contribution is -2.61. The van der Waals surface area contributed by atoms with Crippen molar-refractivity contribution < 1.29 is 97.1 Å². The molecule has 1 fully saturated rings. The van der Waals surface area contributed by atoms with Crippen LogP contribution >= 0.6 is 11.8 Å². The van der Waals surface area contributed by atoms with Gasteiger partial charge in [-0.15, -0.1) is 11.8 Å². The number of H-pyrrole nitrogens is 1. The number of hydrogen-bond acceptors (Lipinski definition) is 20. The number of primary amides is 1. The number of nitrogens with one attached hydrogen (secondary N) is 10. The third kappa shape index (κ3) is 30.4. The van der Waals surface area contributed by atoms with Crippen LogP contribution in [0.1, 0.15) is 100 Å². The maximum atomic E-state index is 15.5. The maximum Gasteiger partial charge on any atom is 0.305 e. The molecule has 15 amide bonds. The molecule has 37 heteroatoms. The van der Waals surface area contributed by atoms with Crippen molar-refractivity contribution in [2.45, 2.75) is 172 Å². The normalized spacial score (nSPS) is 21.8. The monoisotopic (exact) mass is 1810 g/mol. The van der Waals surface area contributed by atoms with Gasteiger partial charge in [0.15, 0.2) is 0 Å². The van der Waals surface area contributed by atoms with E-state index in [1.165, 1.54) is 107 Å². The Kier molecular flexibility index (Phi) is 38.2. The molecule has 0 aliphatic carbocycles. The van der Waals surface area contributed by atoms with Crippen LogP contribution in [-0.4, -0.2) is 277 Å². The molecule has 8 rings (SSSR count). The summed E-state index contributed by atoms with van der Waals surface area (Å²) in [6.07, 6.45) is -0.243. The fourth-order valence-corrected chi connectivity index (χ4v) is 15.8. The van der Waals surface area contributed by atoms with Crippen LogP contribution in [-0.2, 0) is 115 Å². The van der Waals surface area contributed by atoms with Gasteiger partial charge in [0.05, 0.1) is 31.8 Å². The zero-order valence-electron chi connectivity index (χ0n) is 74.5. The number of fused-ring (bicyclic) bond motifs is 1. The number of unbranched alkanes of at least 4 members (excludes halogenated alkanes) is 1. The van der Waals surface area contributed by atoms with Crippen LogP contribution in [0.3, 0.4) is 0 Å². The van der Waals surface area contributed by atoms with Crippen molar-refractivity contribution in [2.24, 2.45) is 17.6 Å². The summed E-state index contributed by atoms with van der Waals surface area (Å²) in [6.45, 7) is 6.07. The molecule has 696 valence electrons. The van der Waals surface area contributed by atoms with Crippen molar-refractivity contribution in [3.63, 3.8) is 0 Å². The van der Waals surface area contributed by atoms with Crippen LogP contribution in [0.5, 0.6) is 17.2 Å². The fraction of sp³-hybridized carbons (Fsp3) is 0.419. The Morgan fingerprint density at radius 2 is 0.908 bits per heavy atom. The number of carboxylic acids is 1. The molecule has 2 heterocycles. The molecule has 0 bridgehead atoms. The van der Waals surface area contributed by atoms with Gasteiger partial charge >= 0.3 is 5.97 Å². The maximum absolute atomic E-state index is 15.5. The highest BCUT2D eigenvalue weighted by atomic mass is 32.2. The number of nitrogens with zero attached hydrogens (tertiary/aromatic N) is 5. The third-order valence-electron chi connectivity index (χ3n) is 22.1. The minimum Gasteiger partial charge on any atom is -0.508 e. The summed E-state index contributed by atoms with van der Waals surface area (Å²) in [7, 11) is 6.48. The number of likely N-dealkylation sites (N-methyl/N-ethyl adjacent to an activating group) is 5. The van der Waals surface area contributed by atoms with Crippen LogP contribution in [0.4, 0.5) is 0 Å². The summed E-state index contributed by atoms with van der Waals surface area (Å²) in [5.74, 6) is -18.0. The number of amides is 15. The van der Waals surface area contributed by atoms with Gasteiger partial charge in [-0.25, -0.2) is 0 Å². The van der Waals surface area contributed by atoms with Gasteiger partial charge in [-0.05, 0) is 101 Å². The van der Waals surface area contributed by atoms with Gasteiger partial charge in [0, 0.05) is 96.6 Å². The first kappa shape index (κ1) is 102. The topological polar surface area (TPSA) is 520 Å². The number of phenolic OH excluding ortho intramolecular Hbond substituents is 3. The van der Waals surface area contributed by atoms with E-state index in [1.54, 1.807) is 125 Å². The molecule has 7 aromatic rings. The fourth-order valence-electron chi connectivity index (χ4n) is 15.0. The summed E-state index contributed by atoms with van der Waals surface area (Å²) >= 11 is 0.817. The molecule has 1 aliphatic rings. The van der Waals surface area contributed by atoms with Crippen molar-refractivity contribution in [2.75, 3.05) is 66.4 Å². The lowest BCUT2D eigenvalue weighted by molar-refractivity contribution is -0.151. The summed E-state index contributed by atoms with van der Waals surface area (Å²) in [5, 5.41) is 65.9. The zero-order chi connectivity index (χ0) is 95.2. The molecule has 16 N–H and O–H groups in total. The molecule has 11 atom stereocenters. The quantitative estimate of drug-likeness (QED) is 0.0436. The molecular weight excluding hydrogens is 1690 g/mol. The standard InChI is InChI=1S/C93H118N16O20S/c1-11-12-28-74-91(127)106(7)51-79(115)98-70(47-81(117)118)87(123)104-82(55(4)5)93(129)108(9)75(43-57-24-18-14-19-25-57)88(124)102-71(42-60-31-35-63(111)36-32-60)89(125)105(6)50-78(114)97-69(45-61-48-95-66-38-37-64(112)46-65(61)66)86(122)101-68(40-59-29-33-62(110)34-30-59)85(121)100-67(39-54(2)3)84(120)103-73(83(119)96-49-77(94)113)52-130-53-80(116)99-72(41-56-22-16-13-17-23-56)90(126)109(10)76(92(128)107(74)8)44-58-26-20-15-21-27-58/h13-27,29-38,46,48,54-55,67-76,82,95,110-112H,11-12,28,39-45,47,49-53H2,1-10H3,(H2,94,113)(H,96,119)(H,97,114)(H,98,115)(H,99,116)(H,100,121)(H,101,122)(H,102,124)(H,103,120)(H,104,123)(H,117,118)/t67-,68?,69-,70-,71-,72-,73-,74-,75-,76-,82-/m0/s1. The number of carboxylic acid groups (broad SMARTS) is 1. The zero-order valence-corrected chi connectivity index (χ0v) is 75.3. The second kappa shape index (κ2) is 48.9. The molecule has 0 saturated carbocycles. The lowest BCUT2D eigenvalue weighted by Gasteiger charge is -2.37. The van der Waals surface area contributed by atoms with Crippen LogP contribution in [0, 0.1) is 11.8 Å². The van der Waals surface area contributed by atoms with Gasteiger partial charge in [-0.1, -0.05) is 163 Å². The van der Waals surface area contributed by atoms with Crippen molar-refractivity contribution in [1.29, 1.82) is 0 Å². The number of aromatic hydroxyl groups is 3. The smallest absolute Gasteiger partial charge is 0.305 e. The van der Waals surface area contributed by atoms with Crippen LogP contribution in [0.2, 0.25) is 0 Å². The van der Waals surface area contributed by atoms with Crippen molar-refractivity contribution >= 4 is 117 Å². The van der Waals surface area contributed by atoms with Gasteiger partial charge in [0.2, 0.25) is 88.6 Å². The second-order valence-electron chi connectivity index (χ2n) is 33.2. The first-order valence-electron chi connectivity index (χ1n) is 42.8. The third-order valence-corrected chi connectivity index (χ3v) is 23.2. The first-order valence-corrected chi connectivity index (χ1v) is 44.0. The number of aromatic amines is 1. The number of carbonyl (C=O) groups is 16. The first-order chi connectivity index (χ1) is 61.8. The van der Waals surface area contributed by atoms with Crippen molar-refractivity contribution in [3.05, 3.63) is 197 Å².